The molecule has 1 aromatic rings. The summed E-state index contributed by atoms with van der Waals surface area (Å²) in [4.78, 5) is 0. The first-order valence-corrected chi connectivity index (χ1v) is 18.9. The van der Waals surface area contributed by atoms with Crippen LogP contribution in [0.15, 0.2) is 12.1 Å². The van der Waals surface area contributed by atoms with Crippen molar-refractivity contribution in [2.75, 3.05) is 59.1 Å². The average Bonchev–Trinajstić information content (AvgIpc) is 2.83. The molecule has 0 saturated carbocycles. The number of hydrogen-bond donors (Lipinski definition) is 0. The third-order valence-corrected chi connectivity index (χ3v) is 11.5. The van der Waals surface area contributed by atoms with Gasteiger partial charge in [0.25, 0.3) is 0 Å². The van der Waals surface area contributed by atoms with Crippen molar-refractivity contribution in [3.8, 4) is 11.5 Å². The van der Waals surface area contributed by atoms with Crippen LogP contribution in [-0.4, -0.2) is 67.5 Å². The predicted molar refractivity (Wildman–Crippen MR) is 154 cm³/mol. The van der Waals surface area contributed by atoms with Gasteiger partial charge in [-0.15, -0.1) is 0 Å². The second-order valence-corrected chi connectivity index (χ2v) is 15.3. The molecule has 0 heterocycles. The highest BCUT2D eigenvalue weighted by Gasteiger charge is 2.48. The van der Waals surface area contributed by atoms with Crippen LogP contribution in [0, 0.1) is 0 Å². The molecule has 0 spiro atoms. The van der Waals surface area contributed by atoms with Crippen molar-refractivity contribution in [1.29, 1.82) is 0 Å². The maximum atomic E-state index is 11.4. The van der Waals surface area contributed by atoms with E-state index in [1.165, 1.54) is 0 Å². The minimum atomic E-state index is -3.63. The Morgan fingerprint density at radius 2 is 1.05 bits per heavy atom. The van der Waals surface area contributed by atoms with Gasteiger partial charge in [-0.2, -0.15) is 27.1 Å². The summed E-state index contributed by atoms with van der Waals surface area (Å²) in [6.07, 6.45) is 0.870. The van der Waals surface area contributed by atoms with Gasteiger partial charge in [-0.3, -0.25) is 0 Å². The van der Waals surface area contributed by atoms with Crippen LogP contribution < -0.4 is 9.47 Å². The number of halogens is 1. The fourth-order valence-electron chi connectivity index (χ4n) is 3.72. The maximum absolute atomic E-state index is 11.4. The van der Waals surface area contributed by atoms with Crippen molar-refractivity contribution in [3.63, 3.8) is 0 Å². The molecule has 0 aliphatic rings. The van der Waals surface area contributed by atoms with Crippen molar-refractivity contribution >= 4 is 35.6 Å². The van der Waals surface area contributed by atoms with E-state index < -0.39 is 24.9 Å². The van der Waals surface area contributed by atoms with Crippen LogP contribution in [0.3, 0.4) is 0 Å². The smallest absolute Gasteiger partial charge is 0.416 e. The van der Waals surface area contributed by atoms with E-state index in [1.54, 1.807) is 7.11 Å². The Balaban J connectivity index is 3.57. The Labute approximate surface area is 234 Å². The summed E-state index contributed by atoms with van der Waals surface area (Å²) < 4.78 is 70.9. The Morgan fingerprint density at radius 3 is 1.39 bits per heavy atom. The predicted octanol–water partition coefficient (Wildman–Crippen LogP) is 6.78. The van der Waals surface area contributed by atoms with Gasteiger partial charge in [-0.1, -0.05) is 0 Å². The molecular weight excluding hydrogens is 578 g/mol. The molecule has 14 heteroatoms. The molecule has 38 heavy (non-hydrogen) atoms. The van der Waals surface area contributed by atoms with Crippen molar-refractivity contribution in [1.82, 2.24) is 0 Å². The number of ether oxygens (including phenoxy) is 2. The molecule has 1 aromatic carbocycles. The molecular formula is C24H45ClO10P2S+2. The molecule has 1 rings (SSSR count). The minimum absolute atomic E-state index is 0.136. The lowest BCUT2D eigenvalue weighted by Crippen LogP contribution is -2.13. The lowest BCUT2D eigenvalue weighted by molar-refractivity contribution is 0.148. The van der Waals surface area contributed by atoms with Gasteiger partial charge in [0.15, 0.2) is 12.3 Å². The van der Waals surface area contributed by atoms with Crippen LogP contribution in [-0.2, 0) is 48.5 Å². The molecule has 0 amide bonds. The first-order chi connectivity index (χ1) is 18.1. The lowest BCUT2D eigenvalue weighted by Gasteiger charge is -2.24. The van der Waals surface area contributed by atoms with Gasteiger partial charge in [0.05, 0.1) is 59.1 Å². The summed E-state index contributed by atoms with van der Waals surface area (Å²) in [7, 11) is -2.13. The van der Waals surface area contributed by atoms with Gasteiger partial charge < -0.3 is 9.47 Å². The number of hydrogen-bond acceptors (Lipinski definition) is 10. The van der Waals surface area contributed by atoms with E-state index in [9.17, 15) is 8.42 Å². The SMILES string of the molecule is CCO[P+](Cc1cc(OCCCS(=O)(=O)Cl)c(C[P+](OCC)(OCC)OCC)cc1OC)(OCC)OCC. The largest absolute Gasteiger partial charge is 0.496 e. The van der Waals surface area contributed by atoms with Gasteiger partial charge in [0.2, 0.25) is 9.05 Å². The number of rotatable bonds is 22. The zero-order chi connectivity index (χ0) is 28.7. The Hall–Kier alpha value is -0.320. The molecule has 0 aliphatic carbocycles. The quantitative estimate of drug-likeness (QED) is 0.0780. The zero-order valence-corrected chi connectivity index (χ0v) is 27.1. The first kappa shape index (κ1) is 35.7. The Kier molecular flexibility index (Phi) is 17.1. The maximum Gasteiger partial charge on any atom is 0.416 e. The summed E-state index contributed by atoms with van der Waals surface area (Å²) in [6, 6.07) is 3.72. The van der Waals surface area contributed by atoms with Crippen molar-refractivity contribution < 1.29 is 45.0 Å². The van der Waals surface area contributed by atoms with Gasteiger partial charge in [-0.05, 0) is 60.1 Å². The van der Waals surface area contributed by atoms with Crippen molar-refractivity contribution in [2.45, 2.75) is 60.3 Å². The monoisotopic (exact) mass is 622 g/mol. The molecule has 0 aliphatic heterocycles. The van der Waals surface area contributed by atoms with E-state index in [1.807, 2.05) is 53.7 Å². The highest BCUT2D eigenvalue weighted by Crippen LogP contribution is 2.67. The normalized spacial score (nSPS) is 12.6. The van der Waals surface area contributed by atoms with E-state index in [2.05, 4.69) is 0 Å². The first-order valence-electron chi connectivity index (χ1n) is 12.9. The summed E-state index contributed by atoms with van der Waals surface area (Å²) in [5.41, 5.74) is 1.52. The molecule has 0 atom stereocenters. The van der Waals surface area contributed by atoms with E-state index in [-0.39, 0.29) is 18.8 Å². The highest BCUT2D eigenvalue weighted by molar-refractivity contribution is 8.13. The summed E-state index contributed by atoms with van der Waals surface area (Å²) in [6.45, 7) is 14.0. The summed E-state index contributed by atoms with van der Waals surface area (Å²) >= 11 is 0. The highest BCUT2D eigenvalue weighted by atomic mass is 35.7. The molecule has 0 saturated heterocycles. The molecule has 0 fully saturated rings. The molecule has 0 aromatic heterocycles. The molecule has 222 valence electrons. The van der Waals surface area contributed by atoms with E-state index in [0.717, 1.165) is 11.1 Å². The number of methoxy groups -OCH3 is 1. The molecule has 0 radical (unpaired) electrons. The molecule has 0 N–H and O–H groups in total. The van der Waals surface area contributed by atoms with Gasteiger partial charge in [0.1, 0.15) is 11.5 Å². The van der Waals surface area contributed by atoms with E-state index >= 15 is 0 Å². The second kappa shape index (κ2) is 18.2. The number of benzene rings is 1. The Morgan fingerprint density at radius 1 is 0.684 bits per heavy atom. The van der Waals surface area contributed by atoms with Gasteiger partial charge in [0, 0.05) is 21.8 Å². The standard InChI is InChI=1S/C24H45ClO10P2S/c1-8-30-36(31-9-2,32-10-3)19-21-18-24(29-15-14-16-38(25,26)27)22(17-23(21)28-7)20-37(33-11-4,34-12-5)35-13-6/h17-18H,8-16,19-20H2,1-7H3/q+2. The summed E-state index contributed by atoms with van der Waals surface area (Å²) in [5, 5.41) is 0. The van der Waals surface area contributed by atoms with E-state index in [0.29, 0.717) is 63.5 Å². The van der Waals surface area contributed by atoms with Crippen LogP contribution in [0.4, 0.5) is 0 Å². The third-order valence-electron chi connectivity index (χ3n) is 4.94. The third kappa shape index (κ3) is 12.0. The van der Waals surface area contributed by atoms with Crippen molar-refractivity contribution in [3.05, 3.63) is 23.3 Å². The van der Waals surface area contributed by atoms with Gasteiger partial charge in [-0.25, -0.2) is 8.42 Å². The van der Waals surface area contributed by atoms with E-state index in [4.69, 9.17) is 47.3 Å². The minimum Gasteiger partial charge on any atom is -0.496 e. The fraction of sp³-hybridized carbons (Fsp3) is 0.750. The molecule has 0 bridgehead atoms. The van der Waals surface area contributed by atoms with Crippen molar-refractivity contribution in [2.24, 2.45) is 0 Å². The zero-order valence-electron chi connectivity index (χ0n) is 23.7. The topological polar surface area (TPSA) is 108 Å². The van der Waals surface area contributed by atoms with Crippen LogP contribution in [0.1, 0.15) is 59.1 Å². The average molecular weight is 623 g/mol. The fourth-order valence-corrected chi connectivity index (χ4v) is 9.20. The lowest BCUT2D eigenvalue weighted by atomic mass is 10.1. The van der Waals surface area contributed by atoms with Crippen LogP contribution in [0.2, 0.25) is 0 Å². The summed E-state index contributed by atoms with van der Waals surface area (Å²) in [5.74, 6) is 0.926. The Bertz CT molecular complexity index is 886. The van der Waals surface area contributed by atoms with Crippen LogP contribution in [0.25, 0.3) is 0 Å². The van der Waals surface area contributed by atoms with Gasteiger partial charge >= 0.3 is 15.9 Å². The second-order valence-electron chi connectivity index (χ2n) is 7.76. The van der Waals surface area contributed by atoms with Crippen LogP contribution >= 0.6 is 26.6 Å². The molecule has 10 nitrogen and oxygen atoms in total. The van der Waals surface area contributed by atoms with Crippen LogP contribution in [0.5, 0.6) is 11.5 Å². The molecule has 0 unspecified atom stereocenters.